The molecule has 0 bridgehead atoms. The van der Waals surface area contributed by atoms with Crippen LogP contribution in [0, 0.1) is 0 Å². The highest BCUT2D eigenvalue weighted by atomic mass is 16.4. The molecule has 0 aromatic rings. The summed E-state index contributed by atoms with van der Waals surface area (Å²) < 4.78 is 0. The molecular weight excluding hydrogens is 274 g/mol. The van der Waals surface area contributed by atoms with E-state index in [1.807, 2.05) is 0 Å². The molecule has 2 N–H and O–H groups in total. The Bertz CT molecular complexity index is 329. The van der Waals surface area contributed by atoms with Crippen molar-refractivity contribution in [3.05, 3.63) is 12.2 Å². The zero-order valence-corrected chi connectivity index (χ0v) is 13.2. The number of hydrogen-bond acceptors (Lipinski definition) is 5. The SMILES string of the molecule is CN(C)CCN1CCCN(C)CC1.O=C(O)/C=C\C(=O)O. The van der Waals surface area contributed by atoms with Gasteiger partial charge in [0.15, 0.2) is 0 Å². The van der Waals surface area contributed by atoms with Crippen LogP contribution in [0.2, 0.25) is 0 Å². The van der Waals surface area contributed by atoms with E-state index in [-0.39, 0.29) is 0 Å². The summed E-state index contributed by atoms with van der Waals surface area (Å²) in [7, 11) is 6.50. The minimum Gasteiger partial charge on any atom is -0.478 e. The summed E-state index contributed by atoms with van der Waals surface area (Å²) in [4.78, 5) is 26.4. The molecule has 1 aliphatic rings. The Kier molecular flexibility index (Phi) is 10.5. The number of likely N-dealkylation sites (N-methyl/N-ethyl adjacent to an activating group) is 2. The lowest BCUT2D eigenvalue weighted by molar-refractivity contribution is -0.134. The summed E-state index contributed by atoms with van der Waals surface area (Å²) >= 11 is 0. The van der Waals surface area contributed by atoms with E-state index in [0.29, 0.717) is 12.2 Å². The van der Waals surface area contributed by atoms with Crippen LogP contribution >= 0.6 is 0 Å². The first-order chi connectivity index (χ1) is 9.81. The van der Waals surface area contributed by atoms with Crippen molar-refractivity contribution in [3.8, 4) is 0 Å². The van der Waals surface area contributed by atoms with Crippen LogP contribution in [0.3, 0.4) is 0 Å². The van der Waals surface area contributed by atoms with Crippen LogP contribution in [0.15, 0.2) is 12.2 Å². The van der Waals surface area contributed by atoms with Crippen LogP contribution in [-0.2, 0) is 9.59 Å². The highest BCUT2D eigenvalue weighted by Crippen LogP contribution is 2.00. The van der Waals surface area contributed by atoms with Gasteiger partial charge in [-0.2, -0.15) is 0 Å². The van der Waals surface area contributed by atoms with Gasteiger partial charge in [-0.1, -0.05) is 0 Å². The molecule has 0 radical (unpaired) electrons. The van der Waals surface area contributed by atoms with Crippen molar-refractivity contribution in [1.29, 1.82) is 0 Å². The molecule has 0 amide bonds. The van der Waals surface area contributed by atoms with Gasteiger partial charge >= 0.3 is 11.9 Å². The first kappa shape index (κ1) is 19.6. The fourth-order valence-corrected chi connectivity index (χ4v) is 1.81. The second kappa shape index (κ2) is 11.2. The lowest BCUT2D eigenvalue weighted by Crippen LogP contribution is -2.34. The molecule has 7 heteroatoms. The summed E-state index contributed by atoms with van der Waals surface area (Å²) in [5.74, 6) is -2.51. The van der Waals surface area contributed by atoms with E-state index in [0.717, 1.165) is 0 Å². The zero-order chi connectivity index (χ0) is 16.3. The first-order valence-corrected chi connectivity index (χ1v) is 7.01. The van der Waals surface area contributed by atoms with Gasteiger partial charge < -0.3 is 24.9 Å². The Labute approximate surface area is 126 Å². The van der Waals surface area contributed by atoms with Gasteiger partial charge in [0.05, 0.1) is 0 Å². The quantitative estimate of drug-likeness (QED) is 0.686. The van der Waals surface area contributed by atoms with Gasteiger partial charge in [-0.3, -0.25) is 0 Å². The second-order valence-electron chi connectivity index (χ2n) is 5.31. The topological polar surface area (TPSA) is 84.3 Å². The summed E-state index contributed by atoms with van der Waals surface area (Å²) in [5.41, 5.74) is 0. The van der Waals surface area contributed by atoms with E-state index in [1.165, 1.54) is 45.7 Å². The minimum atomic E-state index is -1.26. The van der Waals surface area contributed by atoms with Gasteiger partial charge in [0.2, 0.25) is 0 Å². The standard InChI is InChI=1S/C10H23N3.C4H4O4/c1-11(2)7-9-13-6-4-5-12(3)8-10-13;5-3(6)1-2-4(7)8/h4-10H2,1-3H3;1-2H,(H,5,6)(H,7,8)/b;2-1-. The third kappa shape index (κ3) is 13.3. The van der Waals surface area contributed by atoms with E-state index < -0.39 is 11.9 Å². The Morgan fingerprint density at radius 2 is 1.62 bits per heavy atom. The highest BCUT2D eigenvalue weighted by molar-refractivity contribution is 5.89. The van der Waals surface area contributed by atoms with E-state index in [9.17, 15) is 9.59 Å². The predicted molar refractivity (Wildman–Crippen MR) is 81.5 cm³/mol. The van der Waals surface area contributed by atoms with Crippen LogP contribution in [0.1, 0.15) is 6.42 Å². The third-order valence-corrected chi connectivity index (χ3v) is 3.04. The van der Waals surface area contributed by atoms with Crippen LogP contribution < -0.4 is 0 Å². The predicted octanol–water partition coefficient (Wildman–Crippen LogP) is -0.103. The number of rotatable bonds is 5. The number of carboxylic acids is 2. The van der Waals surface area contributed by atoms with Crippen molar-refractivity contribution in [2.75, 3.05) is 60.4 Å². The number of carboxylic acid groups (broad SMARTS) is 2. The van der Waals surface area contributed by atoms with E-state index in [1.54, 1.807) is 0 Å². The van der Waals surface area contributed by atoms with E-state index in [2.05, 4.69) is 35.8 Å². The maximum absolute atomic E-state index is 9.55. The number of aliphatic carboxylic acids is 2. The van der Waals surface area contributed by atoms with Crippen molar-refractivity contribution >= 4 is 11.9 Å². The van der Waals surface area contributed by atoms with Gasteiger partial charge in [-0.25, -0.2) is 9.59 Å². The highest BCUT2D eigenvalue weighted by Gasteiger charge is 2.11. The number of nitrogens with zero attached hydrogens (tertiary/aromatic N) is 3. The largest absolute Gasteiger partial charge is 0.478 e. The molecule has 0 saturated carbocycles. The van der Waals surface area contributed by atoms with Gasteiger partial charge in [-0.05, 0) is 40.7 Å². The molecule has 0 unspecified atom stereocenters. The van der Waals surface area contributed by atoms with Crippen LogP contribution in [0.5, 0.6) is 0 Å². The Hall–Kier alpha value is -1.44. The van der Waals surface area contributed by atoms with Crippen LogP contribution in [-0.4, -0.2) is 97.3 Å². The fourth-order valence-electron chi connectivity index (χ4n) is 1.81. The maximum Gasteiger partial charge on any atom is 0.328 e. The number of carbonyl (C=O) groups is 2. The second-order valence-corrected chi connectivity index (χ2v) is 5.31. The Morgan fingerprint density at radius 1 is 1.05 bits per heavy atom. The molecule has 0 atom stereocenters. The fraction of sp³-hybridized carbons (Fsp3) is 0.714. The molecule has 1 heterocycles. The molecule has 1 fully saturated rings. The molecule has 0 aromatic heterocycles. The molecule has 7 nitrogen and oxygen atoms in total. The number of hydrogen-bond donors (Lipinski definition) is 2. The van der Waals surface area contributed by atoms with Gasteiger partial charge in [0.1, 0.15) is 0 Å². The minimum absolute atomic E-state index is 0.558. The average molecular weight is 301 g/mol. The molecule has 21 heavy (non-hydrogen) atoms. The van der Waals surface area contributed by atoms with E-state index in [4.69, 9.17) is 10.2 Å². The van der Waals surface area contributed by atoms with Gasteiger partial charge in [0.25, 0.3) is 0 Å². The lowest BCUT2D eigenvalue weighted by Gasteiger charge is -2.21. The molecule has 122 valence electrons. The van der Waals surface area contributed by atoms with Crippen LogP contribution in [0.25, 0.3) is 0 Å². The monoisotopic (exact) mass is 301 g/mol. The van der Waals surface area contributed by atoms with Crippen molar-refractivity contribution in [2.45, 2.75) is 6.42 Å². The zero-order valence-electron chi connectivity index (χ0n) is 13.2. The van der Waals surface area contributed by atoms with Gasteiger partial charge in [0, 0.05) is 38.3 Å². The van der Waals surface area contributed by atoms with Crippen molar-refractivity contribution in [3.63, 3.8) is 0 Å². The maximum atomic E-state index is 9.55. The van der Waals surface area contributed by atoms with Crippen LogP contribution in [0.4, 0.5) is 0 Å². The van der Waals surface area contributed by atoms with Crippen molar-refractivity contribution < 1.29 is 19.8 Å². The molecule has 1 aliphatic heterocycles. The summed E-state index contributed by atoms with van der Waals surface area (Å²) in [6.45, 7) is 7.42. The summed E-state index contributed by atoms with van der Waals surface area (Å²) in [6, 6.07) is 0. The smallest absolute Gasteiger partial charge is 0.328 e. The lowest BCUT2D eigenvalue weighted by atomic mass is 10.4. The molecule has 1 rings (SSSR count). The Morgan fingerprint density at radius 3 is 2.10 bits per heavy atom. The molecule has 1 saturated heterocycles. The summed E-state index contributed by atoms with van der Waals surface area (Å²) in [5, 5.41) is 15.6. The average Bonchev–Trinajstić information content (AvgIpc) is 2.59. The first-order valence-electron chi connectivity index (χ1n) is 7.01. The molecule has 0 spiro atoms. The van der Waals surface area contributed by atoms with Crippen molar-refractivity contribution in [2.24, 2.45) is 0 Å². The van der Waals surface area contributed by atoms with Gasteiger partial charge in [-0.15, -0.1) is 0 Å². The molecule has 0 aliphatic carbocycles. The molecule has 0 aromatic carbocycles. The normalized spacial score (nSPS) is 17.3. The van der Waals surface area contributed by atoms with Crippen molar-refractivity contribution in [1.82, 2.24) is 14.7 Å². The van der Waals surface area contributed by atoms with E-state index >= 15 is 0 Å². The summed E-state index contributed by atoms with van der Waals surface area (Å²) in [6.07, 6.45) is 2.44. The third-order valence-electron chi connectivity index (χ3n) is 3.04. The Balaban J connectivity index is 0.000000433. The molecular formula is C14H27N3O4.